The molecular formula is C8H13F2NO2. The van der Waals surface area contributed by atoms with Crippen molar-refractivity contribution in [3.8, 4) is 0 Å². The Morgan fingerprint density at radius 3 is 2.62 bits per heavy atom. The van der Waals surface area contributed by atoms with Gasteiger partial charge in [-0.3, -0.25) is 10.1 Å². The highest BCUT2D eigenvalue weighted by molar-refractivity contribution is 5.81. The topological polar surface area (TPSA) is 38.3 Å². The number of carbonyl (C=O) groups is 1. The molecule has 0 aromatic rings. The Morgan fingerprint density at radius 1 is 1.62 bits per heavy atom. The fourth-order valence-electron chi connectivity index (χ4n) is 1.40. The molecule has 1 N–H and O–H groups in total. The number of carbonyl (C=O) groups excluding carboxylic acids is 1. The van der Waals surface area contributed by atoms with Crippen LogP contribution in [0.1, 0.15) is 20.3 Å². The lowest BCUT2D eigenvalue weighted by molar-refractivity contribution is -0.150. The van der Waals surface area contributed by atoms with Gasteiger partial charge in [0.25, 0.3) is 5.92 Å². The first kappa shape index (κ1) is 10.4. The molecule has 1 saturated heterocycles. The molecule has 1 heterocycles. The third-order valence-corrected chi connectivity index (χ3v) is 2.08. The molecule has 0 radical (unpaired) electrons. The fraction of sp³-hybridized carbons (Fsp3) is 0.875. The molecule has 0 amide bonds. The standard InChI is InChI=1S/C8H13F2NO2/c1-3-13-6(12)7(2)4-8(9,10)5-11-7/h11H,3-5H2,1-2H3. The fourth-order valence-corrected chi connectivity index (χ4v) is 1.40. The van der Waals surface area contributed by atoms with E-state index in [1.165, 1.54) is 6.92 Å². The molecule has 0 bridgehead atoms. The second-order valence-corrected chi connectivity index (χ2v) is 3.44. The Kier molecular flexibility index (Phi) is 2.56. The van der Waals surface area contributed by atoms with Gasteiger partial charge in [0.2, 0.25) is 0 Å². The summed E-state index contributed by atoms with van der Waals surface area (Å²) in [5.74, 6) is -3.41. The van der Waals surface area contributed by atoms with Crippen LogP contribution in [0.2, 0.25) is 0 Å². The van der Waals surface area contributed by atoms with Gasteiger partial charge in [-0.15, -0.1) is 0 Å². The van der Waals surface area contributed by atoms with E-state index in [1.54, 1.807) is 6.92 Å². The van der Waals surface area contributed by atoms with E-state index in [9.17, 15) is 13.6 Å². The van der Waals surface area contributed by atoms with E-state index in [2.05, 4.69) is 10.1 Å². The van der Waals surface area contributed by atoms with Crippen LogP contribution >= 0.6 is 0 Å². The van der Waals surface area contributed by atoms with E-state index in [-0.39, 0.29) is 6.61 Å². The van der Waals surface area contributed by atoms with Crippen molar-refractivity contribution in [2.75, 3.05) is 13.2 Å². The number of alkyl halides is 2. The maximum absolute atomic E-state index is 12.8. The maximum Gasteiger partial charge on any atom is 0.326 e. The Morgan fingerprint density at radius 2 is 2.23 bits per heavy atom. The molecule has 1 rings (SSSR count). The molecule has 1 atom stereocenters. The first-order valence-electron chi connectivity index (χ1n) is 4.20. The van der Waals surface area contributed by atoms with Crippen LogP contribution in [0.5, 0.6) is 0 Å². The lowest BCUT2D eigenvalue weighted by atomic mass is 9.99. The maximum atomic E-state index is 12.8. The highest BCUT2D eigenvalue weighted by Gasteiger charge is 2.51. The van der Waals surface area contributed by atoms with E-state index in [0.29, 0.717) is 0 Å². The van der Waals surface area contributed by atoms with Gasteiger partial charge in [-0.1, -0.05) is 0 Å². The number of hydrogen-bond donors (Lipinski definition) is 1. The summed E-state index contributed by atoms with van der Waals surface area (Å²) in [5.41, 5.74) is -1.22. The summed E-state index contributed by atoms with van der Waals surface area (Å²) in [5, 5.41) is 2.48. The van der Waals surface area contributed by atoms with Gasteiger partial charge in [0.05, 0.1) is 13.2 Å². The van der Waals surface area contributed by atoms with Gasteiger partial charge in [0.1, 0.15) is 5.54 Å². The summed E-state index contributed by atoms with van der Waals surface area (Å²) >= 11 is 0. The third kappa shape index (κ3) is 2.15. The molecule has 1 unspecified atom stereocenters. The molecule has 5 heteroatoms. The van der Waals surface area contributed by atoms with E-state index in [4.69, 9.17) is 0 Å². The van der Waals surface area contributed by atoms with Gasteiger partial charge in [-0.2, -0.15) is 0 Å². The first-order chi connectivity index (χ1) is 5.90. The van der Waals surface area contributed by atoms with Crippen LogP contribution in [0.3, 0.4) is 0 Å². The Balaban J connectivity index is 2.64. The second-order valence-electron chi connectivity index (χ2n) is 3.44. The Bertz CT molecular complexity index is 220. The summed E-state index contributed by atoms with van der Waals surface area (Å²) in [4.78, 5) is 11.2. The summed E-state index contributed by atoms with van der Waals surface area (Å²) in [6, 6.07) is 0. The van der Waals surface area contributed by atoms with Crippen LogP contribution in [0.15, 0.2) is 0 Å². The van der Waals surface area contributed by atoms with Gasteiger partial charge < -0.3 is 4.74 Å². The van der Waals surface area contributed by atoms with Gasteiger partial charge >= 0.3 is 5.97 Å². The zero-order valence-corrected chi connectivity index (χ0v) is 7.69. The van der Waals surface area contributed by atoms with Crippen molar-refractivity contribution in [2.24, 2.45) is 0 Å². The normalized spacial score (nSPS) is 31.7. The van der Waals surface area contributed by atoms with Gasteiger partial charge in [0, 0.05) is 6.42 Å². The van der Waals surface area contributed by atoms with Crippen molar-refractivity contribution in [2.45, 2.75) is 31.7 Å². The number of rotatable bonds is 2. The highest BCUT2D eigenvalue weighted by atomic mass is 19.3. The molecule has 1 aliphatic heterocycles. The van der Waals surface area contributed by atoms with Crippen molar-refractivity contribution >= 4 is 5.97 Å². The smallest absolute Gasteiger partial charge is 0.326 e. The van der Waals surface area contributed by atoms with Crippen molar-refractivity contribution in [1.29, 1.82) is 0 Å². The Labute approximate surface area is 75.4 Å². The van der Waals surface area contributed by atoms with E-state index >= 15 is 0 Å². The molecule has 1 fully saturated rings. The number of esters is 1. The minimum absolute atomic E-state index is 0.210. The zero-order valence-electron chi connectivity index (χ0n) is 7.69. The summed E-state index contributed by atoms with van der Waals surface area (Å²) in [6.45, 7) is 2.84. The second kappa shape index (κ2) is 3.21. The minimum Gasteiger partial charge on any atom is -0.465 e. The highest BCUT2D eigenvalue weighted by Crippen LogP contribution is 2.32. The Hall–Kier alpha value is -0.710. The molecule has 0 aliphatic carbocycles. The predicted molar refractivity (Wildman–Crippen MR) is 42.6 cm³/mol. The monoisotopic (exact) mass is 193 g/mol. The quantitative estimate of drug-likeness (QED) is 0.663. The molecule has 0 aromatic carbocycles. The number of hydrogen-bond acceptors (Lipinski definition) is 3. The summed E-state index contributed by atoms with van der Waals surface area (Å²) < 4.78 is 30.2. The van der Waals surface area contributed by atoms with Crippen molar-refractivity contribution in [3.63, 3.8) is 0 Å². The van der Waals surface area contributed by atoms with Crippen LogP contribution in [-0.4, -0.2) is 30.6 Å². The van der Waals surface area contributed by atoms with Crippen molar-refractivity contribution < 1.29 is 18.3 Å². The van der Waals surface area contributed by atoms with Gasteiger partial charge in [-0.25, -0.2) is 8.78 Å². The van der Waals surface area contributed by atoms with Crippen molar-refractivity contribution in [3.05, 3.63) is 0 Å². The van der Waals surface area contributed by atoms with Crippen LogP contribution in [0.4, 0.5) is 8.78 Å². The number of halogens is 2. The number of ether oxygens (including phenoxy) is 1. The molecular weight excluding hydrogens is 180 g/mol. The lowest BCUT2D eigenvalue weighted by Gasteiger charge is -2.21. The van der Waals surface area contributed by atoms with Crippen LogP contribution < -0.4 is 5.32 Å². The average molecular weight is 193 g/mol. The lowest BCUT2D eigenvalue weighted by Crippen LogP contribution is -2.45. The SMILES string of the molecule is CCOC(=O)C1(C)CC(F)(F)CN1. The summed E-state index contributed by atoms with van der Waals surface area (Å²) in [7, 11) is 0. The molecule has 13 heavy (non-hydrogen) atoms. The largest absolute Gasteiger partial charge is 0.465 e. The summed E-state index contributed by atoms with van der Waals surface area (Å²) in [6.07, 6.45) is -0.487. The number of nitrogens with one attached hydrogen (secondary N) is 1. The molecule has 3 nitrogen and oxygen atoms in total. The predicted octanol–water partition coefficient (Wildman–Crippen LogP) is 0.937. The van der Waals surface area contributed by atoms with E-state index < -0.39 is 30.4 Å². The van der Waals surface area contributed by atoms with Gasteiger partial charge in [0.15, 0.2) is 0 Å². The minimum atomic E-state index is -2.80. The van der Waals surface area contributed by atoms with Gasteiger partial charge in [-0.05, 0) is 13.8 Å². The molecule has 0 aromatic heterocycles. The molecule has 1 aliphatic rings. The molecule has 0 saturated carbocycles. The third-order valence-electron chi connectivity index (χ3n) is 2.08. The first-order valence-corrected chi connectivity index (χ1v) is 4.20. The van der Waals surface area contributed by atoms with Crippen LogP contribution in [0, 0.1) is 0 Å². The van der Waals surface area contributed by atoms with E-state index in [0.717, 1.165) is 0 Å². The zero-order chi connectivity index (χ0) is 10.1. The molecule has 76 valence electrons. The average Bonchev–Trinajstić information content (AvgIpc) is 2.28. The molecule has 0 spiro atoms. The van der Waals surface area contributed by atoms with Crippen LogP contribution in [-0.2, 0) is 9.53 Å². The van der Waals surface area contributed by atoms with Crippen LogP contribution in [0.25, 0.3) is 0 Å². The van der Waals surface area contributed by atoms with E-state index in [1.807, 2.05) is 0 Å². The van der Waals surface area contributed by atoms with Crippen molar-refractivity contribution in [1.82, 2.24) is 5.32 Å².